The molecule has 3 aliphatic carbocycles. The maximum Gasteiger partial charge on any atom is 0.310 e. The molecule has 4 fully saturated rings. The average Bonchev–Trinajstić information content (AvgIpc) is 3.62. The average molecular weight is 463 g/mol. The van der Waals surface area contributed by atoms with Crippen molar-refractivity contribution in [3.05, 3.63) is 0 Å². The van der Waals surface area contributed by atoms with E-state index in [1.807, 2.05) is 0 Å². The van der Waals surface area contributed by atoms with E-state index in [1.54, 1.807) is 0 Å². The number of esters is 2. The summed E-state index contributed by atoms with van der Waals surface area (Å²) in [5.41, 5.74) is 0.370. The van der Waals surface area contributed by atoms with Crippen LogP contribution in [0.4, 0.5) is 0 Å². The van der Waals surface area contributed by atoms with Crippen LogP contribution in [0.5, 0.6) is 0 Å². The first-order valence-electron chi connectivity index (χ1n) is 13.7. The Labute approximate surface area is 200 Å². The van der Waals surface area contributed by atoms with Crippen molar-refractivity contribution in [2.75, 3.05) is 13.2 Å². The molecular weight excluding hydrogens is 416 g/mol. The molecule has 1 aliphatic heterocycles. The number of ether oxygens (including phenoxy) is 3. The van der Waals surface area contributed by atoms with Crippen LogP contribution in [0, 0.1) is 40.9 Å². The van der Waals surface area contributed by atoms with Gasteiger partial charge in [-0.05, 0) is 86.9 Å². The van der Waals surface area contributed by atoms with Crippen LogP contribution < -0.4 is 0 Å². The topological polar surface area (TPSA) is 65.1 Å². The molecule has 0 aromatic carbocycles. The maximum atomic E-state index is 13.1. The van der Waals surface area contributed by atoms with Gasteiger partial charge in [0.05, 0.1) is 18.4 Å². The summed E-state index contributed by atoms with van der Waals surface area (Å²) < 4.78 is 16.7. The van der Waals surface area contributed by atoms with Crippen LogP contribution in [-0.2, 0) is 23.8 Å². The van der Waals surface area contributed by atoms with E-state index >= 15 is 0 Å². The summed E-state index contributed by atoms with van der Waals surface area (Å²) >= 11 is 0. The molecule has 33 heavy (non-hydrogen) atoms. The minimum absolute atomic E-state index is 0.00631. The van der Waals surface area contributed by atoms with Gasteiger partial charge in [-0.2, -0.15) is 0 Å². The van der Waals surface area contributed by atoms with E-state index in [4.69, 9.17) is 14.2 Å². The van der Waals surface area contributed by atoms with Crippen molar-refractivity contribution in [2.45, 2.75) is 111 Å². The third-order valence-electron chi connectivity index (χ3n) is 9.61. The molecule has 0 N–H and O–H groups in total. The van der Waals surface area contributed by atoms with Crippen LogP contribution >= 0.6 is 0 Å². The van der Waals surface area contributed by atoms with Gasteiger partial charge in [-0.15, -0.1) is 0 Å². The number of rotatable bonds is 7. The summed E-state index contributed by atoms with van der Waals surface area (Å²) in [5.74, 6) is 1.73. The normalized spacial score (nSPS) is 39.5. The number of epoxide rings is 1. The Bertz CT molecular complexity index is 668. The van der Waals surface area contributed by atoms with Gasteiger partial charge < -0.3 is 14.2 Å². The van der Waals surface area contributed by atoms with Crippen LogP contribution in [0.1, 0.15) is 98.3 Å². The third-order valence-corrected chi connectivity index (χ3v) is 9.61. The zero-order valence-corrected chi connectivity index (χ0v) is 21.4. The lowest BCUT2D eigenvalue weighted by molar-refractivity contribution is -0.168. The first-order chi connectivity index (χ1) is 15.7. The van der Waals surface area contributed by atoms with E-state index in [-0.39, 0.29) is 36.0 Å². The SMILES string of the molecule is CC1CCC(C(C)(C)C2CCC(OC(=O)C3CCC(C)CC3C(=O)OCC3CO3)CC2)CC1. The van der Waals surface area contributed by atoms with Crippen molar-refractivity contribution in [3.63, 3.8) is 0 Å². The van der Waals surface area contributed by atoms with E-state index < -0.39 is 0 Å². The Morgan fingerprint density at radius 1 is 0.788 bits per heavy atom. The van der Waals surface area contributed by atoms with Crippen LogP contribution in [0.25, 0.3) is 0 Å². The first-order valence-corrected chi connectivity index (χ1v) is 13.7. The van der Waals surface area contributed by atoms with E-state index in [2.05, 4.69) is 27.7 Å². The zero-order valence-electron chi connectivity index (χ0n) is 21.4. The summed E-state index contributed by atoms with van der Waals surface area (Å²) in [4.78, 5) is 25.9. The largest absolute Gasteiger partial charge is 0.463 e. The minimum atomic E-state index is -0.371. The molecule has 0 spiro atoms. The monoisotopic (exact) mass is 462 g/mol. The molecule has 0 bridgehead atoms. The van der Waals surface area contributed by atoms with Gasteiger partial charge in [0.2, 0.25) is 0 Å². The Morgan fingerprint density at radius 3 is 1.97 bits per heavy atom. The number of carbonyl (C=O) groups excluding carboxylic acids is 2. The number of carbonyl (C=O) groups is 2. The molecular formula is C28H46O5. The number of hydrogen-bond acceptors (Lipinski definition) is 5. The van der Waals surface area contributed by atoms with Gasteiger partial charge in [0.25, 0.3) is 0 Å². The zero-order chi connectivity index (χ0) is 23.6. The summed E-state index contributed by atoms with van der Waals surface area (Å²) in [6.45, 7) is 10.5. The van der Waals surface area contributed by atoms with E-state index in [0.717, 1.165) is 50.4 Å². The first kappa shape index (κ1) is 25.0. The summed E-state index contributed by atoms with van der Waals surface area (Å²) in [7, 11) is 0. The van der Waals surface area contributed by atoms with Crippen molar-refractivity contribution in [3.8, 4) is 0 Å². The second-order valence-electron chi connectivity index (χ2n) is 12.4. The highest BCUT2D eigenvalue weighted by molar-refractivity contribution is 5.82. The predicted octanol–water partition coefficient (Wildman–Crippen LogP) is 5.94. The second-order valence-corrected chi connectivity index (χ2v) is 12.4. The van der Waals surface area contributed by atoms with Gasteiger partial charge in [0.15, 0.2) is 0 Å². The highest BCUT2D eigenvalue weighted by Crippen LogP contribution is 2.49. The van der Waals surface area contributed by atoms with Gasteiger partial charge in [-0.3, -0.25) is 9.59 Å². The molecule has 0 aromatic heterocycles. The molecule has 1 heterocycles. The minimum Gasteiger partial charge on any atom is -0.463 e. The van der Waals surface area contributed by atoms with Crippen molar-refractivity contribution in [2.24, 2.45) is 40.9 Å². The van der Waals surface area contributed by atoms with Crippen LogP contribution in [0.2, 0.25) is 0 Å². The van der Waals surface area contributed by atoms with Gasteiger partial charge >= 0.3 is 11.9 Å². The highest BCUT2D eigenvalue weighted by Gasteiger charge is 2.43. The molecule has 1 saturated heterocycles. The molecule has 4 aliphatic rings. The Kier molecular flexibility index (Phi) is 8.08. The van der Waals surface area contributed by atoms with Crippen molar-refractivity contribution >= 4 is 11.9 Å². The fourth-order valence-corrected chi connectivity index (χ4v) is 6.88. The molecule has 4 atom stereocenters. The molecule has 0 aromatic rings. The molecule has 0 amide bonds. The lowest BCUT2D eigenvalue weighted by atomic mass is 9.60. The Hall–Kier alpha value is -1.10. The molecule has 4 unspecified atom stereocenters. The lowest BCUT2D eigenvalue weighted by Gasteiger charge is -2.46. The second kappa shape index (κ2) is 10.7. The standard InChI is InChI=1S/C28H46O5/c1-18-5-8-20(9-6-18)28(3,4)21-10-12-22(13-11-21)33-27(30)24-14-7-19(2)15-25(24)26(29)32-17-23-16-31-23/h18-25H,5-17H2,1-4H3. The maximum absolute atomic E-state index is 13.1. The van der Waals surface area contributed by atoms with Crippen LogP contribution in [0.3, 0.4) is 0 Å². The summed E-state index contributed by atoms with van der Waals surface area (Å²) in [6.07, 6.45) is 12.2. The Morgan fingerprint density at radius 2 is 1.36 bits per heavy atom. The summed E-state index contributed by atoms with van der Waals surface area (Å²) in [6, 6.07) is 0. The highest BCUT2D eigenvalue weighted by atomic mass is 16.6. The lowest BCUT2D eigenvalue weighted by Crippen LogP contribution is -2.41. The van der Waals surface area contributed by atoms with E-state index in [9.17, 15) is 9.59 Å². The van der Waals surface area contributed by atoms with Crippen molar-refractivity contribution < 1.29 is 23.8 Å². The fourth-order valence-electron chi connectivity index (χ4n) is 6.88. The fraction of sp³-hybridized carbons (Fsp3) is 0.929. The molecule has 0 radical (unpaired) electrons. The third kappa shape index (κ3) is 6.32. The van der Waals surface area contributed by atoms with Gasteiger partial charge in [-0.25, -0.2) is 0 Å². The van der Waals surface area contributed by atoms with Crippen molar-refractivity contribution in [1.82, 2.24) is 0 Å². The van der Waals surface area contributed by atoms with Gasteiger partial charge in [-0.1, -0.05) is 40.5 Å². The van der Waals surface area contributed by atoms with Crippen LogP contribution in [-0.4, -0.2) is 37.4 Å². The van der Waals surface area contributed by atoms with Crippen LogP contribution in [0.15, 0.2) is 0 Å². The molecule has 188 valence electrons. The molecule has 4 rings (SSSR count). The molecule has 3 saturated carbocycles. The number of hydrogen-bond donors (Lipinski definition) is 0. The summed E-state index contributed by atoms with van der Waals surface area (Å²) in [5, 5.41) is 0. The van der Waals surface area contributed by atoms with Crippen molar-refractivity contribution in [1.29, 1.82) is 0 Å². The van der Waals surface area contributed by atoms with E-state index in [1.165, 1.54) is 25.7 Å². The molecule has 5 heteroatoms. The quantitative estimate of drug-likeness (QED) is 0.346. The smallest absolute Gasteiger partial charge is 0.310 e. The predicted molar refractivity (Wildman–Crippen MR) is 127 cm³/mol. The molecule has 5 nitrogen and oxygen atoms in total. The Balaban J connectivity index is 1.27. The van der Waals surface area contributed by atoms with Gasteiger partial charge in [0.1, 0.15) is 18.8 Å². The van der Waals surface area contributed by atoms with E-state index in [0.29, 0.717) is 36.9 Å². The van der Waals surface area contributed by atoms with Gasteiger partial charge in [0, 0.05) is 0 Å².